The largest absolute Gasteiger partial charge is 0.505 e. The number of amides is 1. The molecule has 0 saturated heterocycles. The van der Waals surface area contributed by atoms with Gasteiger partial charge in [-0.2, -0.15) is 0 Å². The summed E-state index contributed by atoms with van der Waals surface area (Å²) < 4.78 is 0. The van der Waals surface area contributed by atoms with E-state index in [9.17, 15) is 19.8 Å². The fraction of sp³-hybridized carbons (Fsp3) is 0.235. The molecule has 6 heteroatoms. The molecule has 0 saturated carbocycles. The smallest absolute Gasteiger partial charge is 0.329 e. The lowest BCUT2D eigenvalue weighted by molar-refractivity contribution is -0.145. The summed E-state index contributed by atoms with van der Waals surface area (Å²) in [6.45, 7) is 0. The second-order valence-electron chi connectivity index (χ2n) is 5.66. The van der Waals surface area contributed by atoms with E-state index >= 15 is 0 Å². The van der Waals surface area contributed by atoms with Crippen LogP contribution in [0.5, 0.6) is 5.75 Å². The van der Waals surface area contributed by atoms with Crippen molar-refractivity contribution in [2.24, 2.45) is 0 Å². The normalized spacial score (nSPS) is 19.7. The van der Waals surface area contributed by atoms with Gasteiger partial charge in [-0.05, 0) is 36.1 Å². The van der Waals surface area contributed by atoms with E-state index in [4.69, 9.17) is 0 Å². The topological polar surface area (TPSA) is 99.5 Å². The average molecular weight is 312 g/mol. The van der Waals surface area contributed by atoms with Gasteiger partial charge in [-0.15, -0.1) is 0 Å². The highest BCUT2D eigenvalue weighted by Crippen LogP contribution is 2.29. The van der Waals surface area contributed by atoms with Crippen molar-refractivity contribution < 1.29 is 19.8 Å². The predicted octanol–water partition coefficient (Wildman–Crippen LogP) is 1.53. The molecule has 6 nitrogen and oxygen atoms in total. The molecule has 2 aromatic rings. The highest BCUT2D eigenvalue weighted by Gasteiger charge is 2.43. The molecule has 0 radical (unpaired) electrons. The van der Waals surface area contributed by atoms with E-state index in [1.165, 1.54) is 18.3 Å². The number of rotatable bonds is 3. The summed E-state index contributed by atoms with van der Waals surface area (Å²) >= 11 is 0. The molecule has 1 aliphatic carbocycles. The van der Waals surface area contributed by atoms with Crippen LogP contribution in [0.3, 0.4) is 0 Å². The van der Waals surface area contributed by atoms with Gasteiger partial charge in [0.2, 0.25) is 0 Å². The minimum absolute atomic E-state index is 0.174. The Balaban J connectivity index is 1.90. The first kappa shape index (κ1) is 15.0. The number of aromatic hydroxyl groups is 1. The Bertz CT molecular complexity index is 775. The fourth-order valence-electron chi connectivity index (χ4n) is 2.93. The van der Waals surface area contributed by atoms with E-state index < -0.39 is 17.4 Å². The monoisotopic (exact) mass is 312 g/mol. The van der Waals surface area contributed by atoms with Gasteiger partial charge < -0.3 is 15.5 Å². The third-order valence-corrected chi connectivity index (χ3v) is 4.20. The van der Waals surface area contributed by atoms with Gasteiger partial charge in [0.1, 0.15) is 11.3 Å². The van der Waals surface area contributed by atoms with Gasteiger partial charge in [0.05, 0.1) is 0 Å². The van der Waals surface area contributed by atoms with Crippen molar-refractivity contribution in [1.82, 2.24) is 10.3 Å². The zero-order valence-electron chi connectivity index (χ0n) is 12.3. The molecule has 1 aromatic heterocycles. The van der Waals surface area contributed by atoms with Crippen molar-refractivity contribution in [2.75, 3.05) is 0 Å². The molecular formula is C17H16N2O4. The lowest BCUT2D eigenvalue weighted by Gasteiger charge is -2.35. The zero-order valence-corrected chi connectivity index (χ0v) is 12.3. The molecule has 23 heavy (non-hydrogen) atoms. The average Bonchev–Trinajstić information content (AvgIpc) is 2.55. The third-order valence-electron chi connectivity index (χ3n) is 4.20. The maximum absolute atomic E-state index is 12.4. The highest BCUT2D eigenvalue weighted by atomic mass is 16.4. The van der Waals surface area contributed by atoms with E-state index in [1.54, 1.807) is 0 Å². The Morgan fingerprint density at radius 1 is 1.13 bits per heavy atom. The van der Waals surface area contributed by atoms with E-state index in [-0.39, 0.29) is 17.9 Å². The number of carbonyl (C=O) groups is 2. The number of nitrogens with one attached hydrogen (secondary N) is 1. The summed E-state index contributed by atoms with van der Waals surface area (Å²) in [6.07, 6.45) is 2.44. The van der Waals surface area contributed by atoms with Crippen LogP contribution in [-0.2, 0) is 17.6 Å². The summed E-state index contributed by atoms with van der Waals surface area (Å²) in [5.41, 5.74) is 0.438. The maximum atomic E-state index is 12.4. The lowest BCUT2D eigenvalue weighted by Crippen LogP contribution is -2.57. The van der Waals surface area contributed by atoms with E-state index in [1.807, 2.05) is 24.3 Å². The molecule has 1 aliphatic rings. The Kier molecular flexibility index (Phi) is 3.73. The number of carboxylic acid groups (broad SMARTS) is 1. The number of carbonyl (C=O) groups excluding carboxylic acids is 1. The molecular weight excluding hydrogens is 296 g/mol. The third kappa shape index (κ3) is 2.75. The number of pyridine rings is 1. The van der Waals surface area contributed by atoms with Crippen molar-refractivity contribution in [2.45, 2.75) is 24.8 Å². The minimum atomic E-state index is -1.39. The number of nitrogens with zero attached hydrogens (tertiary/aromatic N) is 1. The van der Waals surface area contributed by atoms with Crippen LogP contribution in [0.4, 0.5) is 0 Å². The second-order valence-corrected chi connectivity index (χ2v) is 5.66. The van der Waals surface area contributed by atoms with Crippen molar-refractivity contribution >= 4 is 11.9 Å². The van der Waals surface area contributed by atoms with Crippen LogP contribution in [-0.4, -0.2) is 32.6 Å². The van der Waals surface area contributed by atoms with Crippen LogP contribution < -0.4 is 5.32 Å². The first-order chi connectivity index (χ1) is 11.0. The molecule has 0 bridgehead atoms. The standard InChI is InChI=1S/C17H16N2O4/c20-13-6-3-9-18-14(13)15(21)19-17(16(22)23)8-7-11-4-1-2-5-12(11)10-17/h1-6,9,20H,7-8,10H2,(H,19,21)(H,22,23). The zero-order chi connectivity index (χ0) is 16.4. The molecule has 0 aliphatic heterocycles. The molecule has 1 amide bonds. The van der Waals surface area contributed by atoms with Gasteiger partial charge in [-0.1, -0.05) is 24.3 Å². The Morgan fingerprint density at radius 2 is 1.87 bits per heavy atom. The van der Waals surface area contributed by atoms with Gasteiger partial charge in [0.25, 0.3) is 5.91 Å². The van der Waals surface area contributed by atoms with E-state index in [2.05, 4.69) is 10.3 Å². The second kappa shape index (κ2) is 5.72. The van der Waals surface area contributed by atoms with Gasteiger partial charge >= 0.3 is 5.97 Å². The van der Waals surface area contributed by atoms with E-state index in [0.717, 1.165) is 11.1 Å². The summed E-state index contributed by atoms with van der Waals surface area (Å²) in [6, 6.07) is 10.4. The minimum Gasteiger partial charge on any atom is -0.505 e. The number of fused-ring (bicyclic) bond motifs is 1. The first-order valence-electron chi connectivity index (χ1n) is 7.28. The molecule has 0 fully saturated rings. The first-order valence-corrected chi connectivity index (χ1v) is 7.28. The molecule has 3 rings (SSSR count). The number of benzene rings is 1. The lowest BCUT2D eigenvalue weighted by atomic mass is 9.78. The molecule has 1 aromatic carbocycles. The molecule has 1 heterocycles. The number of hydrogen-bond acceptors (Lipinski definition) is 4. The molecule has 1 unspecified atom stereocenters. The van der Waals surface area contributed by atoms with Gasteiger partial charge in [0.15, 0.2) is 5.69 Å². The van der Waals surface area contributed by atoms with Crippen LogP contribution >= 0.6 is 0 Å². The van der Waals surface area contributed by atoms with Crippen molar-refractivity contribution in [3.05, 3.63) is 59.4 Å². The highest BCUT2D eigenvalue weighted by molar-refractivity contribution is 5.98. The van der Waals surface area contributed by atoms with Gasteiger partial charge in [0, 0.05) is 12.6 Å². The predicted molar refractivity (Wildman–Crippen MR) is 82.2 cm³/mol. The molecule has 1 atom stereocenters. The SMILES string of the molecule is O=C(NC1(C(=O)O)CCc2ccccc2C1)c1ncccc1O. The number of aromatic nitrogens is 1. The van der Waals surface area contributed by atoms with Crippen LogP contribution in [0, 0.1) is 0 Å². The number of carboxylic acids is 1. The fourth-order valence-corrected chi connectivity index (χ4v) is 2.93. The summed E-state index contributed by atoms with van der Waals surface area (Å²) in [4.78, 5) is 28.0. The quantitative estimate of drug-likeness (QED) is 0.798. The van der Waals surface area contributed by atoms with Gasteiger partial charge in [-0.3, -0.25) is 4.79 Å². The Hall–Kier alpha value is -2.89. The van der Waals surface area contributed by atoms with Crippen LogP contribution in [0.2, 0.25) is 0 Å². The summed E-state index contributed by atoms with van der Waals surface area (Å²) in [5, 5.41) is 22.0. The van der Waals surface area contributed by atoms with Crippen LogP contribution in [0.1, 0.15) is 28.0 Å². The van der Waals surface area contributed by atoms with Crippen LogP contribution in [0.25, 0.3) is 0 Å². The van der Waals surface area contributed by atoms with Crippen LogP contribution in [0.15, 0.2) is 42.6 Å². The van der Waals surface area contributed by atoms with Gasteiger partial charge in [-0.25, -0.2) is 9.78 Å². The molecule has 3 N–H and O–H groups in total. The molecule has 118 valence electrons. The Labute approximate surface area is 132 Å². The summed E-state index contributed by atoms with van der Waals surface area (Å²) in [5.74, 6) is -2.05. The summed E-state index contributed by atoms with van der Waals surface area (Å²) in [7, 11) is 0. The number of aryl methyl sites for hydroxylation is 1. The van der Waals surface area contributed by atoms with Crippen molar-refractivity contribution in [1.29, 1.82) is 0 Å². The van der Waals surface area contributed by atoms with Crippen molar-refractivity contribution in [3.63, 3.8) is 0 Å². The van der Waals surface area contributed by atoms with E-state index in [0.29, 0.717) is 12.8 Å². The maximum Gasteiger partial charge on any atom is 0.329 e. The van der Waals surface area contributed by atoms with Crippen molar-refractivity contribution in [3.8, 4) is 5.75 Å². The Morgan fingerprint density at radius 3 is 2.57 bits per heavy atom. The molecule has 0 spiro atoms. The number of aliphatic carboxylic acids is 1. The number of hydrogen-bond donors (Lipinski definition) is 3.